The van der Waals surface area contributed by atoms with Crippen molar-refractivity contribution < 1.29 is 4.79 Å². The molecule has 1 N–H and O–H groups in total. The molecule has 1 aliphatic heterocycles. The van der Waals surface area contributed by atoms with Gasteiger partial charge in [-0.3, -0.25) is 4.79 Å². The fraction of sp³-hybridized carbons (Fsp3) is 0.471. The van der Waals surface area contributed by atoms with Gasteiger partial charge in [0.1, 0.15) is 5.82 Å². The largest absolute Gasteiger partial charge is 0.325 e. The van der Waals surface area contributed by atoms with Crippen molar-refractivity contribution in [2.45, 2.75) is 56.5 Å². The molecule has 0 aliphatic carbocycles. The number of rotatable bonds is 4. The van der Waals surface area contributed by atoms with Crippen LogP contribution in [0.3, 0.4) is 0 Å². The minimum atomic E-state index is -0.216. The third-order valence-corrected chi connectivity index (χ3v) is 5.09. The number of hydrogen-bond acceptors (Lipinski definition) is 4. The summed E-state index contributed by atoms with van der Waals surface area (Å²) in [4.78, 5) is 12.4. The third-order valence-electron chi connectivity index (χ3n) is 4.01. The van der Waals surface area contributed by atoms with E-state index >= 15 is 0 Å². The Hall–Kier alpha value is -1.82. The normalized spacial score (nSPS) is 15.6. The number of carbonyl (C=O) groups excluding carboxylic acids is 1. The van der Waals surface area contributed by atoms with Crippen LogP contribution < -0.4 is 5.32 Å². The number of amides is 1. The summed E-state index contributed by atoms with van der Waals surface area (Å²) in [6.45, 7) is 4.88. The van der Waals surface area contributed by atoms with Crippen LogP contribution in [0.15, 0.2) is 29.4 Å². The standard InChI is InChI=1S/C17H22N4OS/c1-12-7-6-8-14(11-12)18-16(22)13(2)23-17-20-19-15-9-4-3-5-10-21(15)17/h6-8,11,13H,3-5,9-10H2,1-2H3,(H,18,22)/t13-/m0/s1. The van der Waals surface area contributed by atoms with Crippen LogP contribution in [0, 0.1) is 6.92 Å². The Morgan fingerprint density at radius 1 is 1.30 bits per heavy atom. The number of nitrogens with one attached hydrogen (secondary N) is 1. The summed E-state index contributed by atoms with van der Waals surface area (Å²) in [6, 6.07) is 7.84. The van der Waals surface area contributed by atoms with Crippen LogP contribution in [0.1, 0.15) is 37.6 Å². The van der Waals surface area contributed by atoms with Crippen molar-refractivity contribution in [3.8, 4) is 0 Å². The zero-order valence-electron chi connectivity index (χ0n) is 13.6. The molecule has 5 nitrogen and oxygen atoms in total. The molecular formula is C17H22N4OS. The zero-order chi connectivity index (χ0) is 16.2. The number of benzene rings is 1. The van der Waals surface area contributed by atoms with Crippen molar-refractivity contribution in [1.29, 1.82) is 0 Å². The van der Waals surface area contributed by atoms with E-state index < -0.39 is 0 Å². The minimum Gasteiger partial charge on any atom is -0.325 e. The molecule has 6 heteroatoms. The van der Waals surface area contributed by atoms with E-state index in [1.54, 1.807) is 0 Å². The van der Waals surface area contributed by atoms with Crippen LogP contribution in [0.2, 0.25) is 0 Å². The molecule has 0 radical (unpaired) electrons. The molecule has 0 unspecified atom stereocenters. The Labute approximate surface area is 140 Å². The van der Waals surface area contributed by atoms with Crippen molar-refractivity contribution in [3.05, 3.63) is 35.7 Å². The van der Waals surface area contributed by atoms with Gasteiger partial charge in [0.2, 0.25) is 5.91 Å². The minimum absolute atomic E-state index is 0.00780. The predicted molar refractivity (Wildman–Crippen MR) is 92.7 cm³/mol. The lowest BCUT2D eigenvalue weighted by atomic mass is 10.2. The maximum Gasteiger partial charge on any atom is 0.237 e. The number of nitrogens with zero attached hydrogens (tertiary/aromatic N) is 3. The highest BCUT2D eigenvalue weighted by Crippen LogP contribution is 2.26. The second-order valence-electron chi connectivity index (χ2n) is 5.98. The topological polar surface area (TPSA) is 59.8 Å². The average molecular weight is 330 g/mol. The molecule has 1 atom stereocenters. The Balaban J connectivity index is 1.66. The van der Waals surface area contributed by atoms with Crippen LogP contribution in [0.5, 0.6) is 0 Å². The van der Waals surface area contributed by atoms with E-state index in [4.69, 9.17) is 0 Å². The zero-order valence-corrected chi connectivity index (χ0v) is 14.4. The van der Waals surface area contributed by atoms with E-state index in [2.05, 4.69) is 20.1 Å². The van der Waals surface area contributed by atoms with Crippen LogP contribution in [-0.4, -0.2) is 25.9 Å². The Kier molecular flexibility index (Phi) is 5.00. The van der Waals surface area contributed by atoms with Crippen LogP contribution >= 0.6 is 11.8 Å². The van der Waals surface area contributed by atoms with Crippen LogP contribution in [-0.2, 0) is 17.8 Å². The molecule has 3 rings (SSSR count). The lowest BCUT2D eigenvalue weighted by Crippen LogP contribution is -2.23. The molecule has 2 aromatic rings. The SMILES string of the molecule is Cc1cccc(NC(=O)[C@H](C)Sc2nnc3n2CCCCC3)c1. The highest BCUT2D eigenvalue weighted by Gasteiger charge is 2.21. The second-order valence-corrected chi connectivity index (χ2v) is 7.29. The van der Waals surface area contributed by atoms with Gasteiger partial charge in [-0.1, -0.05) is 30.3 Å². The lowest BCUT2D eigenvalue weighted by molar-refractivity contribution is -0.115. The van der Waals surface area contributed by atoms with Gasteiger partial charge in [0.05, 0.1) is 5.25 Å². The van der Waals surface area contributed by atoms with E-state index in [0.29, 0.717) is 0 Å². The first-order valence-electron chi connectivity index (χ1n) is 8.10. The highest BCUT2D eigenvalue weighted by atomic mass is 32.2. The molecule has 1 aliphatic rings. The summed E-state index contributed by atoms with van der Waals surface area (Å²) in [5, 5.41) is 12.2. The van der Waals surface area contributed by atoms with Crippen molar-refractivity contribution in [1.82, 2.24) is 14.8 Å². The van der Waals surface area contributed by atoms with E-state index in [-0.39, 0.29) is 11.2 Å². The summed E-state index contributed by atoms with van der Waals surface area (Å²) in [7, 11) is 0. The fourth-order valence-corrected chi connectivity index (χ4v) is 3.62. The quantitative estimate of drug-likeness (QED) is 0.873. The van der Waals surface area contributed by atoms with Gasteiger partial charge in [-0.15, -0.1) is 10.2 Å². The molecule has 0 fully saturated rings. The number of aryl methyl sites for hydroxylation is 2. The van der Waals surface area contributed by atoms with Crippen LogP contribution in [0.25, 0.3) is 0 Å². The molecule has 23 heavy (non-hydrogen) atoms. The molecule has 0 saturated carbocycles. The molecule has 0 saturated heterocycles. The predicted octanol–water partition coefficient (Wildman–Crippen LogP) is 3.43. The van der Waals surface area contributed by atoms with E-state index in [1.807, 2.05) is 38.1 Å². The van der Waals surface area contributed by atoms with Gasteiger partial charge in [0.25, 0.3) is 0 Å². The van der Waals surface area contributed by atoms with Gasteiger partial charge in [-0.25, -0.2) is 0 Å². The average Bonchev–Trinajstić information content (AvgIpc) is 2.75. The van der Waals surface area contributed by atoms with Gasteiger partial charge in [0.15, 0.2) is 5.16 Å². The van der Waals surface area contributed by atoms with E-state index in [9.17, 15) is 4.79 Å². The van der Waals surface area contributed by atoms with E-state index in [0.717, 1.165) is 41.6 Å². The molecule has 122 valence electrons. The molecule has 1 aromatic heterocycles. The summed E-state index contributed by atoms with van der Waals surface area (Å²) in [5.74, 6) is 1.04. The van der Waals surface area contributed by atoms with Gasteiger partial charge < -0.3 is 9.88 Å². The highest BCUT2D eigenvalue weighted by molar-refractivity contribution is 8.00. The molecule has 0 bridgehead atoms. The Morgan fingerprint density at radius 2 is 2.17 bits per heavy atom. The Morgan fingerprint density at radius 3 is 3.00 bits per heavy atom. The molecule has 2 heterocycles. The van der Waals surface area contributed by atoms with E-state index in [1.165, 1.54) is 24.6 Å². The summed E-state index contributed by atoms with van der Waals surface area (Å²) < 4.78 is 2.17. The van der Waals surface area contributed by atoms with Crippen LogP contribution in [0.4, 0.5) is 5.69 Å². The smallest absolute Gasteiger partial charge is 0.237 e. The summed E-state index contributed by atoms with van der Waals surface area (Å²) in [6.07, 6.45) is 4.54. The monoisotopic (exact) mass is 330 g/mol. The maximum absolute atomic E-state index is 12.4. The molecular weight excluding hydrogens is 308 g/mol. The second kappa shape index (κ2) is 7.17. The number of hydrogen-bond donors (Lipinski definition) is 1. The third kappa shape index (κ3) is 3.93. The van der Waals surface area contributed by atoms with Crippen molar-refractivity contribution in [2.24, 2.45) is 0 Å². The number of thioether (sulfide) groups is 1. The molecule has 1 amide bonds. The van der Waals surface area contributed by atoms with Crippen molar-refractivity contribution in [2.75, 3.05) is 5.32 Å². The first kappa shape index (κ1) is 16.1. The van der Waals surface area contributed by atoms with Crippen molar-refractivity contribution in [3.63, 3.8) is 0 Å². The number of anilines is 1. The Bertz CT molecular complexity index is 698. The number of fused-ring (bicyclic) bond motifs is 1. The van der Waals surface area contributed by atoms with Crippen molar-refractivity contribution >= 4 is 23.4 Å². The number of carbonyl (C=O) groups is 1. The first-order chi connectivity index (χ1) is 11.1. The maximum atomic E-state index is 12.4. The molecule has 0 spiro atoms. The molecule has 1 aromatic carbocycles. The summed E-state index contributed by atoms with van der Waals surface area (Å²) in [5.41, 5.74) is 1.97. The van der Waals surface area contributed by atoms with Gasteiger partial charge in [-0.05, 0) is 44.4 Å². The fourth-order valence-electron chi connectivity index (χ4n) is 2.72. The lowest BCUT2D eigenvalue weighted by Gasteiger charge is -2.13. The first-order valence-corrected chi connectivity index (χ1v) is 8.98. The van der Waals surface area contributed by atoms with Gasteiger partial charge in [-0.2, -0.15) is 0 Å². The van der Waals surface area contributed by atoms with Gasteiger partial charge in [0, 0.05) is 18.7 Å². The number of aromatic nitrogens is 3. The van der Waals surface area contributed by atoms with Gasteiger partial charge >= 0.3 is 0 Å². The summed E-state index contributed by atoms with van der Waals surface area (Å²) >= 11 is 1.48.